The molecule has 0 radical (unpaired) electrons. The summed E-state index contributed by atoms with van der Waals surface area (Å²) in [5.74, 6) is -1.29. The molecule has 0 N–H and O–H groups in total. The van der Waals surface area contributed by atoms with Crippen LogP contribution in [-0.2, 0) is 14.3 Å². The number of hydrogen-bond acceptors (Lipinski definition) is 4. The minimum absolute atomic E-state index is 0.338. The lowest BCUT2D eigenvalue weighted by molar-refractivity contribution is -0.143. The van der Waals surface area contributed by atoms with Crippen LogP contribution >= 0.6 is 15.9 Å². The summed E-state index contributed by atoms with van der Waals surface area (Å²) in [6.07, 6.45) is 4.94. The Morgan fingerprint density at radius 3 is 2.70 bits per heavy atom. The van der Waals surface area contributed by atoms with Gasteiger partial charge in [0.05, 0.1) is 18.4 Å². The highest BCUT2D eigenvalue weighted by molar-refractivity contribution is 9.10. The Balaban J connectivity index is 1.97. The third-order valence-electron chi connectivity index (χ3n) is 4.69. The van der Waals surface area contributed by atoms with Crippen LogP contribution in [0.25, 0.3) is 0 Å². The van der Waals surface area contributed by atoms with Gasteiger partial charge in [-0.3, -0.25) is 14.5 Å². The Kier molecular flexibility index (Phi) is 4.53. The lowest BCUT2D eigenvalue weighted by Crippen LogP contribution is -2.46. The molecular formula is C17H18BrNO4. The number of amides is 1. The number of carbonyl (C=O) groups excluding carboxylic acids is 3. The standard InChI is InChI=1S/C17H18BrNO4/c1-23-17(22)14(8-10-4-2-3-5-10)19-13-7-6-11(18)9-12(13)15(20)16(19)21/h6-7,9-10,14H,2-5,8H2,1H3. The van der Waals surface area contributed by atoms with Gasteiger partial charge in [-0.25, -0.2) is 4.79 Å². The number of methoxy groups -OCH3 is 1. The van der Waals surface area contributed by atoms with Crippen LogP contribution in [0.2, 0.25) is 0 Å². The third-order valence-corrected chi connectivity index (χ3v) is 5.19. The van der Waals surface area contributed by atoms with Gasteiger partial charge < -0.3 is 4.74 Å². The summed E-state index contributed by atoms with van der Waals surface area (Å²) in [7, 11) is 1.31. The molecule has 5 nitrogen and oxygen atoms in total. The second-order valence-electron chi connectivity index (χ2n) is 6.09. The first kappa shape index (κ1) is 16.2. The van der Waals surface area contributed by atoms with Gasteiger partial charge in [-0.15, -0.1) is 0 Å². The van der Waals surface area contributed by atoms with Gasteiger partial charge in [0.25, 0.3) is 11.7 Å². The van der Waals surface area contributed by atoms with Crippen molar-refractivity contribution in [3.05, 3.63) is 28.2 Å². The van der Waals surface area contributed by atoms with Crippen LogP contribution in [0.5, 0.6) is 0 Å². The first-order chi connectivity index (χ1) is 11.0. The molecule has 6 heteroatoms. The predicted molar refractivity (Wildman–Crippen MR) is 88.3 cm³/mol. The average molecular weight is 380 g/mol. The molecule has 1 aromatic carbocycles. The topological polar surface area (TPSA) is 63.7 Å². The van der Waals surface area contributed by atoms with Crippen molar-refractivity contribution in [2.24, 2.45) is 5.92 Å². The van der Waals surface area contributed by atoms with E-state index in [1.54, 1.807) is 18.2 Å². The van der Waals surface area contributed by atoms with E-state index in [0.717, 1.165) is 30.2 Å². The van der Waals surface area contributed by atoms with E-state index in [2.05, 4.69) is 15.9 Å². The van der Waals surface area contributed by atoms with Crippen molar-refractivity contribution in [2.75, 3.05) is 12.0 Å². The van der Waals surface area contributed by atoms with Crippen LogP contribution in [0.15, 0.2) is 22.7 Å². The van der Waals surface area contributed by atoms with Crippen molar-refractivity contribution in [1.29, 1.82) is 0 Å². The SMILES string of the molecule is COC(=O)C(CC1CCCC1)N1C(=O)C(=O)c2cc(Br)ccc21. The van der Waals surface area contributed by atoms with Gasteiger partial charge in [-0.05, 0) is 30.5 Å². The molecule has 1 aliphatic carbocycles. The Morgan fingerprint density at radius 2 is 2.04 bits per heavy atom. The van der Waals surface area contributed by atoms with E-state index in [1.165, 1.54) is 12.0 Å². The highest BCUT2D eigenvalue weighted by atomic mass is 79.9. The first-order valence-corrected chi connectivity index (χ1v) is 8.57. The lowest BCUT2D eigenvalue weighted by atomic mass is 9.97. The van der Waals surface area contributed by atoms with Gasteiger partial charge in [0, 0.05) is 4.47 Å². The molecule has 0 saturated heterocycles. The van der Waals surface area contributed by atoms with E-state index in [-0.39, 0.29) is 0 Å². The molecule has 0 aromatic heterocycles. The Bertz CT molecular complexity index is 667. The average Bonchev–Trinajstić information content (AvgIpc) is 3.13. The van der Waals surface area contributed by atoms with Gasteiger partial charge >= 0.3 is 5.97 Å². The number of rotatable bonds is 4. The maximum absolute atomic E-state index is 12.5. The molecule has 1 aromatic rings. The first-order valence-electron chi connectivity index (χ1n) is 7.78. The van der Waals surface area contributed by atoms with Gasteiger partial charge in [-0.1, -0.05) is 41.6 Å². The number of ether oxygens (including phenoxy) is 1. The quantitative estimate of drug-likeness (QED) is 0.595. The Labute approximate surface area is 143 Å². The highest BCUT2D eigenvalue weighted by Gasteiger charge is 2.43. The van der Waals surface area contributed by atoms with Crippen LogP contribution in [0.1, 0.15) is 42.5 Å². The minimum Gasteiger partial charge on any atom is -0.467 e. The zero-order valence-corrected chi connectivity index (χ0v) is 14.5. The van der Waals surface area contributed by atoms with Crippen molar-refractivity contribution in [1.82, 2.24) is 0 Å². The number of carbonyl (C=O) groups is 3. The van der Waals surface area contributed by atoms with Crippen molar-refractivity contribution in [2.45, 2.75) is 38.1 Å². The maximum Gasteiger partial charge on any atom is 0.328 e. The van der Waals surface area contributed by atoms with Crippen molar-refractivity contribution < 1.29 is 19.1 Å². The molecule has 1 heterocycles. The number of fused-ring (bicyclic) bond motifs is 1. The smallest absolute Gasteiger partial charge is 0.328 e. The van der Waals surface area contributed by atoms with Crippen LogP contribution < -0.4 is 4.90 Å². The van der Waals surface area contributed by atoms with Crippen LogP contribution in [-0.4, -0.2) is 30.8 Å². The fraction of sp³-hybridized carbons (Fsp3) is 0.471. The van der Waals surface area contributed by atoms with Gasteiger partial charge in [-0.2, -0.15) is 0 Å². The summed E-state index contributed by atoms with van der Waals surface area (Å²) in [6, 6.07) is 4.36. The summed E-state index contributed by atoms with van der Waals surface area (Å²) in [4.78, 5) is 38.3. The molecule has 1 amide bonds. The minimum atomic E-state index is -0.734. The molecule has 23 heavy (non-hydrogen) atoms. The summed E-state index contributed by atoms with van der Waals surface area (Å²) < 4.78 is 5.63. The number of anilines is 1. The highest BCUT2D eigenvalue weighted by Crippen LogP contribution is 2.37. The molecule has 3 rings (SSSR count). The van der Waals surface area contributed by atoms with E-state index in [1.807, 2.05) is 0 Å². The predicted octanol–water partition coefficient (Wildman–Crippen LogP) is 3.10. The molecule has 1 fully saturated rings. The van der Waals surface area contributed by atoms with Crippen molar-refractivity contribution >= 4 is 39.3 Å². The molecule has 122 valence electrons. The van der Waals surface area contributed by atoms with E-state index in [0.29, 0.717) is 23.6 Å². The molecular weight excluding hydrogens is 362 g/mol. The number of nitrogens with zero attached hydrogens (tertiary/aromatic N) is 1. The number of halogens is 1. The monoisotopic (exact) mass is 379 g/mol. The van der Waals surface area contributed by atoms with E-state index < -0.39 is 23.7 Å². The largest absolute Gasteiger partial charge is 0.467 e. The summed E-state index contributed by atoms with van der Waals surface area (Å²) in [5.41, 5.74) is 0.835. The van der Waals surface area contributed by atoms with Gasteiger partial charge in [0.15, 0.2) is 0 Å². The van der Waals surface area contributed by atoms with Crippen LogP contribution in [0.4, 0.5) is 5.69 Å². The zero-order valence-electron chi connectivity index (χ0n) is 12.9. The normalized spacial score (nSPS) is 19.1. The van der Waals surface area contributed by atoms with Crippen molar-refractivity contribution in [3.8, 4) is 0 Å². The number of esters is 1. The number of Topliss-reactive ketones (excluding diaryl/α,β-unsaturated/α-hetero) is 1. The molecule has 1 unspecified atom stereocenters. The molecule has 2 aliphatic rings. The third kappa shape index (κ3) is 2.92. The van der Waals surface area contributed by atoms with Gasteiger partial charge in [0.1, 0.15) is 6.04 Å². The van der Waals surface area contributed by atoms with Gasteiger partial charge in [0.2, 0.25) is 0 Å². The van der Waals surface area contributed by atoms with Crippen molar-refractivity contribution in [3.63, 3.8) is 0 Å². The second-order valence-corrected chi connectivity index (χ2v) is 7.01. The fourth-order valence-corrected chi connectivity index (χ4v) is 3.91. The Hall–Kier alpha value is -1.69. The molecule has 1 saturated carbocycles. The Morgan fingerprint density at radius 1 is 1.35 bits per heavy atom. The maximum atomic E-state index is 12.5. The fourth-order valence-electron chi connectivity index (χ4n) is 3.55. The summed E-state index contributed by atoms with van der Waals surface area (Å²) in [5, 5.41) is 0. The van der Waals surface area contributed by atoms with Crippen LogP contribution in [0.3, 0.4) is 0 Å². The summed E-state index contributed by atoms with van der Waals surface area (Å²) >= 11 is 3.31. The zero-order chi connectivity index (χ0) is 16.6. The molecule has 0 spiro atoms. The molecule has 1 aliphatic heterocycles. The number of hydrogen-bond donors (Lipinski definition) is 0. The molecule has 0 bridgehead atoms. The number of ketones is 1. The summed E-state index contributed by atoms with van der Waals surface area (Å²) in [6.45, 7) is 0. The molecule has 1 atom stereocenters. The number of benzene rings is 1. The van der Waals surface area contributed by atoms with E-state index >= 15 is 0 Å². The second kappa shape index (κ2) is 6.43. The van der Waals surface area contributed by atoms with E-state index in [4.69, 9.17) is 4.74 Å². The lowest BCUT2D eigenvalue weighted by Gasteiger charge is -2.27. The van der Waals surface area contributed by atoms with Crippen LogP contribution in [0, 0.1) is 5.92 Å². The van der Waals surface area contributed by atoms with E-state index in [9.17, 15) is 14.4 Å².